The van der Waals surface area contributed by atoms with Gasteiger partial charge in [0.05, 0.1) is 10.4 Å². The van der Waals surface area contributed by atoms with Crippen LogP contribution in [0.1, 0.15) is 18.2 Å². The fourth-order valence-corrected chi connectivity index (χ4v) is 2.04. The largest absolute Gasteiger partial charge is 0.308 e. The van der Waals surface area contributed by atoms with Crippen molar-refractivity contribution in [1.82, 2.24) is 15.0 Å². The maximum atomic E-state index is 5.44. The van der Waals surface area contributed by atoms with E-state index in [2.05, 4.69) is 27.3 Å². The quantitative estimate of drug-likeness (QED) is 0.626. The molecule has 84 valence electrons. The topological polar surface area (TPSA) is 76.7 Å². The lowest BCUT2D eigenvalue weighted by atomic mass is 10.2. The SMILES string of the molecule is CCc1nc(-c2cncs2)nc(NN)c1C. The number of hydrogen-bond donors (Lipinski definition) is 2. The van der Waals surface area contributed by atoms with Gasteiger partial charge in [-0.25, -0.2) is 15.8 Å². The molecule has 0 amide bonds. The van der Waals surface area contributed by atoms with Crippen molar-refractivity contribution in [1.29, 1.82) is 0 Å². The fourth-order valence-electron chi connectivity index (χ4n) is 1.48. The van der Waals surface area contributed by atoms with Crippen LogP contribution in [-0.4, -0.2) is 15.0 Å². The van der Waals surface area contributed by atoms with Gasteiger partial charge in [0.2, 0.25) is 0 Å². The van der Waals surface area contributed by atoms with E-state index in [0.29, 0.717) is 11.6 Å². The van der Waals surface area contributed by atoms with E-state index < -0.39 is 0 Å². The molecular weight excluding hydrogens is 222 g/mol. The van der Waals surface area contributed by atoms with E-state index in [1.807, 2.05) is 6.92 Å². The number of thiazole rings is 1. The summed E-state index contributed by atoms with van der Waals surface area (Å²) in [6.45, 7) is 4.02. The second-order valence-corrected chi connectivity index (χ2v) is 4.22. The third-order valence-electron chi connectivity index (χ3n) is 2.37. The highest BCUT2D eigenvalue weighted by molar-refractivity contribution is 7.13. The van der Waals surface area contributed by atoms with Crippen LogP contribution in [0.3, 0.4) is 0 Å². The summed E-state index contributed by atoms with van der Waals surface area (Å²) in [5.74, 6) is 6.80. The molecule has 0 saturated heterocycles. The molecule has 0 aliphatic heterocycles. The van der Waals surface area contributed by atoms with Crippen LogP contribution in [0.2, 0.25) is 0 Å². The summed E-state index contributed by atoms with van der Waals surface area (Å²) in [6, 6.07) is 0. The first-order valence-electron chi connectivity index (χ1n) is 4.99. The first kappa shape index (κ1) is 11.0. The van der Waals surface area contributed by atoms with Gasteiger partial charge >= 0.3 is 0 Å². The molecule has 2 aromatic rings. The molecule has 0 radical (unpaired) electrons. The summed E-state index contributed by atoms with van der Waals surface area (Å²) in [5.41, 5.74) is 6.37. The molecule has 16 heavy (non-hydrogen) atoms. The highest BCUT2D eigenvalue weighted by atomic mass is 32.1. The maximum Gasteiger partial charge on any atom is 0.173 e. The Labute approximate surface area is 97.7 Å². The second kappa shape index (κ2) is 4.54. The monoisotopic (exact) mass is 235 g/mol. The number of nitrogens with zero attached hydrogens (tertiary/aromatic N) is 3. The smallest absolute Gasteiger partial charge is 0.173 e. The minimum Gasteiger partial charge on any atom is -0.308 e. The van der Waals surface area contributed by atoms with Crippen LogP contribution in [0, 0.1) is 6.92 Å². The second-order valence-electron chi connectivity index (χ2n) is 3.33. The molecule has 0 aliphatic rings. The minimum atomic E-state index is 0.676. The molecule has 3 N–H and O–H groups in total. The Morgan fingerprint density at radius 3 is 2.81 bits per heavy atom. The van der Waals surface area contributed by atoms with Crippen LogP contribution in [0.25, 0.3) is 10.7 Å². The number of hydrazine groups is 1. The van der Waals surface area contributed by atoms with E-state index in [4.69, 9.17) is 5.84 Å². The maximum absolute atomic E-state index is 5.44. The Hall–Kier alpha value is -1.53. The summed E-state index contributed by atoms with van der Waals surface area (Å²) in [5, 5.41) is 0. The molecule has 2 rings (SSSR count). The van der Waals surface area contributed by atoms with Gasteiger partial charge in [-0.15, -0.1) is 11.3 Å². The summed E-state index contributed by atoms with van der Waals surface area (Å²) in [6.07, 6.45) is 2.61. The Bertz CT molecular complexity index is 455. The van der Waals surface area contributed by atoms with Gasteiger partial charge in [-0.1, -0.05) is 6.92 Å². The molecule has 0 spiro atoms. The van der Waals surface area contributed by atoms with E-state index in [0.717, 1.165) is 22.6 Å². The van der Waals surface area contributed by atoms with E-state index in [9.17, 15) is 0 Å². The lowest BCUT2D eigenvalue weighted by Crippen LogP contribution is -2.13. The first-order valence-corrected chi connectivity index (χ1v) is 5.87. The lowest BCUT2D eigenvalue weighted by molar-refractivity contribution is 0.975. The Kier molecular flexibility index (Phi) is 3.12. The predicted molar refractivity (Wildman–Crippen MR) is 65.1 cm³/mol. The van der Waals surface area contributed by atoms with Crippen LogP contribution in [0.4, 0.5) is 5.82 Å². The number of nitrogen functional groups attached to an aromatic ring is 1. The Morgan fingerprint density at radius 1 is 1.44 bits per heavy atom. The summed E-state index contributed by atoms with van der Waals surface area (Å²) in [4.78, 5) is 13.8. The lowest BCUT2D eigenvalue weighted by Gasteiger charge is -2.09. The number of aromatic nitrogens is 3. The van der Waals surface area contributed by atoms with Crippen molar-refractivity contribution in [2.75, 3.05) is 5.43 Å². The zero-order valence-corrected chi connectivity index (χ0v) is 10.0. The average Bonchev–Trinajstić information content (AvgIpc) is 2.83. The fraction of sp³-hybridized carbons (Fsp3) is 0.300. The highest BCUT2D eigenvalue weighted by Gasteiger charge is 2.11. The minimum absolute atomic E-state index is 0.676. The number of nitrogens with two attached hydrogens (primary N) is 1. The van der Waals surface area contributed by atoms with Crippen molar-refractivity contribution in [3.05, 3.63) is 23.0 Å². The number of rotatable bonds is 3. The van der Waals surface area contributed by atoms with Crippen LogP contribution in [0.15, 0.2) is 11.7 Å². The van der Waals surface area contributed by atoms with Crippen LogP contribution in [-0.2, 0) is 6.42 Å². The molecule has 0 saturated carbocycles. The molecule has 0 aromatic carbocycles. The molecule has 6 heteroatoms. The summed E-state index contributed by atoms with van der Waals surface area (Å²) in [7, 11) is 0. The molecule has 0 bridgehead atoms. The van der Waals surface area contributed by atoms with Gasteiger partial charge in [0.1, 0.15) is 5.82 Å². The van der Waals surface area contributed by atoms with Gasteiger partial charge in [0, 0.05) is 17.5 Å². The van der Waals surface area contributed by atoms with Crippen LogP contribution in [0.5, 0.6) is 0 Å². The normalized spacial score (nSPS) is 10.4. The van der Waals surface area contributed by atoms with Crippen molar-refractivity contribution < 1.29 is 0 Å². The molecule has 2 aromatic heterocycles. The van der Waals surface area contributed by atoms with Gasteiger partial charge in [-0.3, -0.25) is 4.98 Å². The molecule has 0 atom stereocenters. The molecule has 5 nitrogen and oxygen atoms in total. The first-order chi connectivity index (χ1) is 7.76. The van der Waals surface area contributed by atoms with Gasteiger partial charge in [0.15, 0.2) is 5.82 Å². The standard InChI is InChI=1S/C10H13N5S/c1-3-7-6(2)9(15-11)14-10(13-7)8-4-12-5-16-8/h4-5H,3,11H2,1-2H3,(H,13,14,15). The molecule has 0 aliphatic carbocycles. The number of aryl methyl sites for hydroxylation is 1. The van der Waals surface area contributed by atoms with Crippen LogP contribution >= 0.6 is 11.3 Å². The van der Waals surface area contributed by atoms with E-state index >= 15 is 0 Å². The summed E-state index contributed by atoms with van der Waals surface area (Å²) >= 11 is 1.52. The van der Waals surface area contributed by atoms with Gasteiger partial charge in [-0.05, 0) is 13.3 Å². The number of anilines is 1. The molecular formula is C10H13N5S. The Balaban J connectivity index is 2.56. The van der Waals surface area contributed by atoms with Crippen molar-refractivity contribution in [2.24, 2.45) is 5.84 Å². The Morgan fingerprint density at radius 2 is 2.25 bits per heavy atom. The van der Waals surface area contributed by atoms with E-state index in [-0.39, 0.29) is 0 Å². The molecule has 0 fully saturated rings. The third-order valence-corrected chi connectivity index (χ3v) is 3.14. The zero-order chi connectivity index (χ0) is 11.5. The number of nitrogens with one attached hydrogen (secondary N) is 1. The van der Waals surface area contributed by atoms with Gasteiger partial charge < -0.3 is 5.43 Å². The van der Waals surface area contributed by atoms with Crippen molar-refractivity contribution >= 4 is 17.2 Å². The van der Waals surface area contributed by atoms with Crippen molar-refractivity contribution in [3.63, 3.8) is 0 Å². The molecule has 2 heterocycles. The summed E-state index contributed by atoms with van der Waals surface area (Å²) < 4.78 is 0. The average molecular weight is 235 g/mol. The van der Waals surface area contributed by atoms with Gasteiger partial charge in [0.25, 0.3) is 0 Å². The predicted octanol–water partition coefficient (Wildman–Crippen LogP) is 1.76. The van der Waals surface area contributed by atoms with Crippen molar-refractivity contribution in [3.8, 4) is 10.7 Å². The zero-order valence-electron chi connectivity index (χ0n) is 9.19. The van der Waals surface area contributed by atoms with Crippen molar-refractivity contribution in [2.45, 2.75) is 20.3 Å². The molecule has 0 unspecified atom stereocenters. The van der Waals surface area contributed by atoms with Crippen LogP contribution < -0.4 is 11.3 Å². The van der Waals surface area contributed by atoms with E-state index in [1.54, 1.807) is 11.7 Å². The highest BCUT2D eigenvalue weighted by Crippen LogP contribution is 2.24. The third kappa shape index (κ3) is 1.89. The van der Waals surface area contributed by atoms with Gasteiger partial charge in [-0.2, -0.15) is 0 Å². The van der Waals surface area contributed by atoms with E-state index in [1.165, 1.54) is 11.3 Å². The number of hydrogen-bond acceptors (Lipinski definition) is 6.